The second kappa shape index (κ2) is 6.17. The molecule has 0 aromatic carbocycles. The molecule has 9 heteroatoms. The van der Waals surface area contributed by atoms with Gasteiger partial charge in [0.15, 0.2) is 5.72 Å². The Kier molecular flexibility index (Phi) is 4.62. The molecule has 0 saturated carbocycles. The van der Waals surface area contributed by atoms with E-state index in [2.05, 4.69) is 23.8 Å². The first-order chi connectivity index (χ1) is 10.7. The minimum atomic E-state index is -1.61. The van der Waals surface area contributed by atoms with Crippen molar-refractivity contribution < 1.29 is 19.7 Å². The SMILES string of the molecule is C=C(N)N[C@H]1[C@H](COC(=O)N(C)C)NC(=C)N2CC[C@H](O)[C@]12O. The number of fused-ring (bicyclic) bond motifs is 1. The molecule has 2 saturated heterocycles. The van der Waals surface area contributed by atoms with Crippen LogP contribution < -0.4 is 16.4 Å². The third kappa shape index (κ3) is 3.02. The molecule has 0 aliphatic carbocycles. The summed E-state index contributed by atoms with van der Waals surface area (Å²) in [5.41, 5.74) is 4.02. The largest absolute Gasteiger partial charge is 0.447 e. The Morgan fingerprint density at radius 2 is 2.30 bits per heavy atom. The topological polar surface area (TPSA) is 123 Å². The van der Waals surface area contributed by atoms with Gasteiger partial charge < -0.3 is 41.1 Å². The molecule has 0 radical (unpaired) electrons. The van der Waals surface area contributed by atoms with Crippen LogP contribution in [0.5, 0.6) is 0 Å². The minimum absolute atomic E-state index is 0.0378. The quantitative estimate of drug-likeness (QED) is 0.413. The number of rotatable bonds is 4. The van der Waals surface area contributed by atoms with Crippen molar-refractivity contribution in [2.45, 2.75) is 30.3 Å². The van der Waals surface area contributed by atoms with Crippen molar-refractivity contribution in [2.24, 2.45) is 5.73 Å². The smallest absolute Gasteiger partial charge is 0.409 e. The summed E-state index contributed by atoms with van der Waals surface area (Å²) in [5.74, 6) is 0.594. The van der Waals surface area contributed by atoms with E-state index < -0.39 is 30.0 Å². The van der Waals surface area contributed by atoms with E-state index in [1.54, 1.807) is 19.0 Å². The van der Waals surface area contributed by atoms with Gasteiger partial charge in [-0.15, -0.1) is 0 Å². The molecule has 2 heterocycles. The van der Waals surface area contributed by atoms with E-state index in [1.807, 2.05) is 0 Å². The molecule has 2 aliphatic rings. The molecule has 0 aromatic rings. The first kappa shape index (κ1) is 17.2. The van der Waals surface area contributed by atoms with E-state index in [1.165, 1.54) is 4.90 Å². The third-order valence-electron chi connectivity index (χ3n) is 4.18. The average molecular weight is 327 g/mol. The maximum absolute atomic E-state index is 11.6. The first-order valence-corrected chi connectivity index (χ1v) is 7.36. The summed E-state index contributed by atoms with van der Waals surface area (Å²) in [5, 5.41) is 27.3. The van der Waals surface area contributed by atoms with Crippen LogP contribution in [0.3, 0.4) is 0 Å². The lowest BCUT2D eigenvalue weighted by molar-refractivity contribution is -0.172. The summed E-state index contributed by atoms with van der Waals surface area (Å²) < 4.78 is 5.19. The van der Waals surface area contributed by atoms with Crippen LogP contribution in [-0.2, 0) is 4.74 Å². The molecule has 0 aromatic heterocycles. The fraction of sp³-hybridized carbons (Fsp3) is 0.643. The summed E-state index contributed by atoms with van der Waals surface area (Å²) in [6.45, 7) is 7.87. The Labute approximate surface area is 135 Å². The van der Waals surface area contributed by atoms with Crippen molar-refractivity contribution in [3.8, 4) is 0 Å². The number of nitrogens with one attached hydrogen (secondary N) is 2. The molecule has 23 heavy (non-hydrogen) atoms. The van der Waals surface area contributed by atoms with Crippen LogP contribution in [0, 0.1) is 0 Å². The summed E-state index contributed by atoms with van der Waals surface area (Å²) in [6.07, 6.45) is -1.12. The number of nitrogens with zero attached hydrogens (tertiary/aromatic N) is 2. The van der Waals surface area contributed by atoms with E-state index in [-0.39, 0.29) is 12.4 Å². The second-order valence-electron chi connectivity index (χ2n) is 6.06. The number of hydrogen-bond donors (Lipinski definition) is 5. The molecule has 2 rings (SSSR count). The van der Waals surface area contributed by atoms with Crippen molar-refractivity contribution in [1.82, 2.24) is 20.4 Å². The van der Waals surface area contributed by atoms with Crippen molar-refractivity contribution in [3.05, 3.63) is 24.8 Å². The molecule has 0 spiro atoms. The molecule has 6 N–H and O–H groups in total. The fourth-order valence-electron chi connectivity index (χ4n) is 3.06. The maximum atomic E-state index is 11.6. The van der Waals surface area contributed by atoms with Crippen molar-refractivity contribution in [3.63, 3.8) is 0 Å². The van der Waals surface area contributed by atoms with Gasteiger partial charge in [0.25, 0.3) is 0 Å². The molecule has 0 unspecified atom stereocenters. The Bertz CT molecular complexity index is 511. The zero-order chi connectivity index (χ0) is 17.4. The lowest BCUT2D eigenvalue weighted by Crippen LogP contribution is -2.74. The minimum Gasteiger partial charge on any atom is -0.447 e. The zero-order valence-electron chi connectivity index (χ0n) is 13.5. The Balaban J connectivity index is 2.23. The Hall–Kier alpha value is -2.13. The number of carbonyl (C=O) groups is 1. The monoisotopic (exact) mass is 327 g/mol. The van der Waals surface area contributed by atoms with E-state index >= 15 is 0 Å². The number of ether oxygens (including phenoxy) is 1. The number of aliphatic hydroxyl groups is 2. The molecule has 4 atom stereocenters. The van der Waals surface area contributed by atoms with Gasteiger partial charge in [0, 0.05) is 20.6 Å². The highest BCUT2D eigenvalue weighted by Crippen LogP contribution is 2.37. The fourth-order valence-corrected chi connectivity index (χ4v) is 3.06. The predicted molar refractivity (Wildman–Crippen MR) is 83.6 cm³/mol. The summed E-state index contributed by atoms with van der Waals surface area (Å²) >= 11 is 0. The first-order valence-electron chi connectivity index (χ1n) is 7.36. The van der Waals surface area contributed by atoms with Crippen LogP contribution in [0.4, 0.5) is 4.79 Å². The van der Waals surface area contributed by atoms with Gasteiger partial charge in [-0.3, -0.25) is 0 Å². The zero-order valence-corrected chi connectivity index (χ0v) is 13.5. The molecule has 2 aliphatic heterocycles. The van der Waals surface area contributed by atoms with Gasteiger partial charge in [-0.2, -0.15) is 0 Å². The van der Waals surface area contributed by atoms with Crippen LogP contribution in [0.15, 0.2) is 24.8 Å². The predicted octanol–water partition coefficient (Wildman–Crippen LogP) is -1.73. The standard InChI is InChI=1S/C14H25N5O4/c1-8(15)16-12-10(7-23-13(21)18(3)4)17-9(2)19-6-5-11(20)14(12,19)22/h10-12,16-17,20,22H,1-2,5-7,15H2,3-4H3/t10-,11-,12-,14-/m0/s1. The summed E-state index contributed by atoms with van der Waals surface area (Å²) in [6, 6.07) is -1.28. The second-order valence-corrected chi connectivity index (χ2v) is 6.06. The molecule has 9 nitrogen and oxygen atoms in total. The van der Waals surface area contributed by atoms with Gasteiger partial charge in [-0.25, -0.2) is 4.79 Å². The summed E-state index contributed by atoms with van der Waals surface area (Å²) in [7, 11) is 3.14. The normalized spacial score (nSPS) is 32.8. The molecular weight excluding hydrogens is 302 g/mol. The lowest BCUT2D eigenvalue weighted by Gasteiger charge is -2.51. The van der Waals surface area contributed by atoms with Gasteiger partial charge in [0.1, 0.15) is 18.8 Å². The number of amides is 1. The van der Waals surface area contributed by atoms with Gasteiger partial charge in [-0.1, -0.05) is 13.2 Å². The maximum Gasteiger partial charge on any atom is 0.409 e. The van der Waals surface area contributed by atoms with Crippen LogP contribution >= 0.6 is 0 Å². The van der Waals surface area contributed by atoms with Crippen molar-refractivity contribution >= 4 is 6.09 Å². The number of hydrogen-bond acceptors (Lipinski definition) is 8. The van der Waals surface area contributed by atoms with Crippen LogP contribution in [0.2, 0.25) is 0 Å². The van der Waals surface area contributed by atoms with Crippen molar-refractivity contribution in [2.75, 3.05) is 27.2 Å². The molecular formula is C14H25N5O4. The molecule has 2 fully saturated rings. The number of carbonyl (C=O) groups excluding carboxylic acids is 1. The number of aliphatic hydroxyl groups excluding tert-OH is 1. The van der Waals surface area contributed by atoms with Gasteiger partial charge in [0.2, 0.25) is 0 Å². The molecule has 130 valence electrons. The van der Waals surface area contributed by atoms with Gasteiger partial charge in [-0.05, 0) is 6.42 Å². The number of nitrogens with two attached hydrogens (primary N) is 1. The highest BCUT2D eigenvalue weighted by atomic mass is 16.6. The Morgan fingerprint density at radius 1 is 1.65 bits per heavy atom. The highest BCUT2D eigenvalue weighted by Gasteiger charge is 2.58. The van der Waals surface area contributed by atoms with Crippen LogP contribution in [0.1, 0.15) is 6.42 Å². The highest BCUT2D eigenvalue weighted by molar-refractivity contribution is 5.66. The Morgan fingerprint density at radius 3 is 2.87 bits per heavy atom. The van der Waals surface area contributed by atoms with E-state index in [9.17, 15) is 15.0 Å². The van der Waals surface area contributed by atoms with Gasteiger partial charge >= 0.3 is 6.09 Å². The molecule has 1 amide bonds. The lowest BCUT2D eigenvalue weighted by atomic mass is 9.89. The average Bonchev–Trinajstić information content (AvgIpc) is 2.77. The van der Waals surface area contributed by atoms with E-state index in [0.29, 0.717) is 18.8 Å². The van der Waals surface area contributed by atoms with E-state index in [0.717, 1.165) is 0 Å². The third-order valence-corrected chi connectivity index (χ3v) is 4.18. The van der Waals surface area contributed by atoms with Crippen molar-refractivity contribution in [1.29, 1.82) is 0 Å². The van der Waals surface area contributed by atoms with E-state index in [4.69, 9.17) is 10.5 Å². The molecule has 0 bridgehead atoms. The van der Waals surface area contributed by atoms with Crippen LogP contribution in [-0.4, -0.2) is 77.3 Å². The summed E-state index contributed by atoms with van der Waals surface area (Å²) in [4.78, 5) is 14.5. The van der Waals surface area contributed by atoms with Crippen LogP contribution in [0.25, 0.3) is 0 Å². The van der Waals surface area contributed by atoms with Gasteiger partial charge in [0.05, 0.1) is 17.7 Å².